The normalized spacial score (nSPS) is 34.7. The Balaban J connectivity index is 1.16. The van der Waals surface area contributed by atoms with Crippen molar-refractivity contribution in [3.8, 4) is 0 Å². The van der Waals surface area contributed by atoms with E-state index in [0.29, 0.717) is 57.3 Å². The number of fused-ring (bicyclic) bond motifs is 16. The van der Waals surface area contributed by atoms with Crippen LogP contribution in [0, 0.1) is 101 Å². The fourth-order valence-electron chi connectivity index (χ4n) is 17.0. The maximum absolute atomic E-state index is 13.0. The number of rotatable bonds is 15. The Labute approximate surface area is 581 Å². The SMILES string of the molecule is CCC(C)C1=CC2CC3=CC(C(C)C)=CC(CC4=CC(C(C)CC)=CC(CC5C=C(C(C)C(C)C)C=C(CC6C=C(C(C)CC)C=C(CC7=CC(C(C)CC)=CC(CC8C=C(C(C)CC)C=C(CC9C=C(C(C)CC)C=C(CC(=C1)C2O)C9O)C8O)C7O)C6O)C5O)C4O)C3O. The summed E-state index contributed by atoms with van der Waals surface area (Å²) in [6.45, 7) is 37.9. The maximum atomic E-state index is 13.0. The van der Waals surface area contributed by atoms with Gasteiger partial charge >= 0.3 is 0 Å². The van der Waals surface area contributed by atoms with Gasteiger partial charge < -0.3 is 40.9 Å². The summed E-state index contributed by atoms with van der Waals surface area (Å²) in [5, 5.41) is 104. The lowest BCUT2D eigenvalue weighted by molar-refractivity contribution is 0.0971. The van der Waals surface area contributed by atoms with Crippen LogP contribution in [-0.2, 0) is 0 Å². The van der Waals surface area contributed by atoms with Crippen molar-refractivity contribution in [2.24, 2.45) is 101 Å². The third kappa shape index (κ3) is 16.9. The van der Waals surface area contributed by atoms with Crippen LogP contribution in [0.25, 0.3) is 0 Å². The summed E-state index contributed by atoms with van der Waals surface area (Å²) < 4.78 is 0. The van der Waals surface area contributed by atoms with Gasteiger partial charge in [-0.15, -0.1) is 0 Å². The minimum Gasteiger partial charge on any atom is -0.388 e. The smallest absolute Gasteiger partial charge is 0.0822 e. The number of hydrogen-bond donors (Lipinski definition) is 8. The van der Waals surface area contributed by atoms with Crippen molar-refractivity contribution in [2.75, 3.05) is 0 Å². The van der Waals surface area contributed by atoms with Crippen LogP contribution < -0.4 is 0 Å². The first-order chi connectivity index (χ1) is 45.6. The van der Waals surface area contributed by atoms with Gasteiger partial charge in [-0.2, -0.15) is 0 Å². The van der Waals surface area contributed by atoms with Crippen molar-refractivity contribution in [2.45, 2.75) is 256 Å². The van der Waals surface area contributed by atoms with E-state index in [9.17, 15) is 40.9 Å². The molecule has 16 bridgehead atoms. The summed E-state index contributed by atoms with van der Waals surface area (Å²) in [7, 11) is 0. The molecule has 0 saturated heterocycles. The number of hydrogen-bond acceptors (Lipinski definition) is 8. The third-order valence-corrected chi connectivity index (χ3v) is 25.4. The van der Waals surface area contributed by atoms with E-state index in [1.807, 2.05) is 0 Å². The van der Waals surface area contributed by atoms with Crippen LogP contribution >= 0.6 is 0 Å². The summed E-state index contributed by atoms with van der Waals surface area (Å²) >= 11 is 0. The Bertz CT molecular complexity index is 3310. The molecule has 9 aliphatic rings. The van der Waals surface area contributed by atoms with Crippen molar-refractivity contribution in [1.82, 2.24) is 0 Å². The molecule has 0 amide bonds. The van der Waals surface area contributed by atoms with Crippen LogP contribution in [0.1, 0.15) is 208 Å². The fraction of sp³-hybridized carbons (Fsp3) is 0.636. The van der Waals surface area contributed by atoms with Gasteiger partial charge in [0.05, 0.1) is 48.8 Å². The average Bonchev–Trinajstić information content (AvgIpc) is 0.809. The Hall–Kier alpha value is -4.48. The molecule has 0 aromatic rings. The number of allylic oxidation sites excluding steroid dienone is 16. The molecule has 8 heteroatoms. The minimum absolute atomic E-state index is 0.163. The third-order valence-electron chi connectivity index (χ3n) is 25.4. The van der Waals surface area contributed by atoms with Crippen LogP contribution in [0.4, 0.5) is 0 Å². The molecular weight excluding hydrogens is 1180 g/mol. The molecule has 0 aromatic heterocycles. The van der Waals surface area contributed by atoms with Gasteiger partial charge in [0.1, 0.15) is 0 Å². The monoisotopic (exact) mass is 1310 g/mol. The van der Waals surface area contributed by atoms with Crippen molar-refractivity contribution in [3.63, 3.8) is 0 Å². The summed E-state index contributed by atoms with van der Waals surface area (Å²) in [6, 6.07) is 0. The molecule has 0 heterocycles. The molecule has 0 radical (unpaired) electrons. The molecule has 9 rings (SSSR count). The van der Waals surface area contributed by atoms with Crippen molar-refractivity contribution >= 4 is 0 Å². The minimum atomic E-state index is -0.876. The van der Waals surface area contributed by atoms with Gasteiger partial charge in [0.2, 0.25) is 0 Å². The van der Waals surface area contributed by atoms with Gasteiger partial charge in [-0.3, -0.25) is 0 Å². The van der Waals surface area contributed by atoms with Gasteiger partial charge in [-0.05, 0) is 232 Å². The fourth-order valence-corrected chi connectivity index (χ4v) is 17.0. The van der Waals surface area contributed by atoms with Gasteiger partial charge in [0.25, 0.3) is 0 Å². The second-order valence-electron chi connectivity index (χ2n) is 32.6. The highest BCUT2D eigenvalue weighted by Gasteiger charge is 2.42. The zero-order chi connectivity index (χ0) is 69.9. The summed E-state index contributed by atoms with van der Waals surface area (Å²) in [5.74, 6) is -0.651. The number of aliphatic hydroxyl groups excluding tert-OH is 8. The summed E-state index contributed by atoms with van der Waals surface area (Å²) in [6.07, 6.45) is 37.8. The molecule has 9 aliphatic carbocycles. The van der Waals surface area contributed by atoms with Crippen molar-refractivity contribution < 1.29 is 40.9 Å². The second-order valence-corrected chi connectivity index (χ2v) is 32.6. The first-order valence-electron chi connectivity index (χ1n) is 38.4. The molecular formula is C88H128O8. The first kappa shape index (κ1) is 75.7. The van der Waals surface area contributed by atoms with Crippen LogP contribution in [0.15, 0.2) is 186 Å². The molecule has 23 atom stereocenters. The van der Waals surface area contributed by atoms with Gasteiger partial charge in [0, 0.05) is 47.3 Å². The highest BCUT2D eigenvalue weighted by Crippen LogP contribution is 2.48. The van der Waals surface area contributed by atoms with Crippen LogP contribution in [0.3, 0.4) is 0 Å². The lowest BCUT2D eigenvalue weighted by Gasteiger charge is -2.39. The van der Waals surface area contributed by atoms with Crippen LogP contribution in [-0.4, -0.2) is 89.7 Å². The van der Waals surface area contributed by atoms with E-state index in [4.69, 9.17) is 0 Å². The quantitative estimate of drug-likeness (QED) is 0.0804. The zero-order valence-corrected chi connectivity index (χ0v) is 62.1. The molecule has 528 valence electrons. The highest BCUT2D eigenvalue weighted by molar-refractivity contribution is 5.47. The summed E-state index contributed by atoms with van der Waals surface area (Å²) in [4.78, 5) is 0. The molecule has 96 heavy (non-hydrogen) atoms. The summed E-state index contributed by atoms with van der Waals surface area (Å²) in [5.41, 5.74) is 16.3. The van der Waals surface area contributed by atoms with Crippen molar-refractivity contribution in [1.29, 1.82) is 0 Å². The lowest BCUT2D eigenvalue weighted by Crippen LogP contribution is -2.36. The highest BCUT2D eigenvalue weighted by atomic mass is 16.3. The largest absolute Gasteiger partial charge is 0.388 e. The average molecular weight is 1310 g/mol. The van der Waals surface area contributed by atoms with Gasteiger partial charge in [0.15, 0.2) is 0 Å². The standard InChI is InChI=1S/C88H128O8/c1-18-50(11)58-26-67-40-65-24-57(49(9)10)25-66(81(65)89)41-68-27-59(51(12)19-2)36-77(83(68)91)46-79-38-64(56(17)48(7)8)39-80(88(79)96)47-78-37-63(55(16)23-6)35-76(87(78)95)45-75-34-62(54(15)22-5)33-74(86(75)94)44-73-32-61(53(14)21-4)31-72(85(73)93)43-71-30-60(52(13)20-3)29-70(84(71)92)42-69(28-58)82(67)90/h24-39,48-56,66-67,71,73-74,77-79,81-96H,18-23,40-47H2,1-17H3. The van der Waals surface area contributed by atoms with E-state index in [0.717, 1.165) is 105 Å². The van der Waals surface area contributed by atoms with E-state index >= 15 is 0 Å². The molecule has 8 nitrogen and oxygen atoms in total. The molecule has 0 aliphatic heterocycles. The molecule has 1 saturated carbocycles. The Morgan fingerprint density at radius 2 is 0.448 bits per heavy atom. The van der Waals surface area contributed by atoms with E-state index in [2.05, 4.69) is 215 Å². The van der Waals surface area contributed by atoms with Crippen LogP contribution in [0.5, 0.6) is 0 Å². The predicted octanol–water partition coefficient (Wildman–Crippen LogP) is 18.1. The zero-order valence-electron chi connectivity index (χ0n) is 62.1. The van der Waals surface area contributed by atoms with E-state index < -0.39 is 48.8 Å². The van der Waals surface area contributed by atoms with E-state index in [1.165, 1.54) is 22.3 Å². The molecule has 0 spiro atoms. The van der Waals surface area contributed by atoms with E-state index in [1.54, 1.807) is 0 Å². The molecule has 0 aromatic carbocycles. The maximum Gasteiger partial charge on any atom is 0.0822 e. The lowest BCUT2D eigenvalue weighted by atomic mass is 9.69. The second kappa shape index (κ2) is 32.9. The Morgan fingerprint density at radius 3 is 0.698 bits per heavy atom. The van der Waals surface area contributed by atoms with Crippen LogP contribution in [0.2, 0.25) is 0 Å². The molecule has 8 N–H and O–H groups in total. The topological polar surface area (TPSA) is 162 Å². The number of aliphatic hydroxyl groups is 8. The van der Waals surface area contributed by atoms with Crippen molar-refractivity contribution in [3.05, 3.63) is 186 Å². The van der Waals surface area contributed by atoms with Gasteiger partial charge in [-0.25, -0.2) is 0 Å². The molecule has 1 fully saturated rings. The first-order valence-corrected chi connectivity index (χ1v) is 38.4. The Morgan fingerprint density at radius 1 is 0.260 bits per heavy atom. The predicted molar refractivity (Wildman–Crippen MR) is 398 cm³/mol. The van der Waals surface area contributed by atoms with E-state index in [-0.39, 0.29) is 94.7 Å². The van der Waals surface area contributed by atoms with Gasteiger partial charge in [-0.1, -0.05) is 215 Å². The Kier molecular flexibility index (Phi) is 25.9. The molecule has 23 unspecified atom stereocenters.